The van der Waals surface area contributed by atoms with Crippen molar-refractivity contribution in [2.45, 2.75) is 58.2 Å². The summed E-state index contributed by atoms with van der Waals surface area (Å²) in [6, 6.07) is 22.2. The number of hydrogen-bond acceptors (Lipinski definition) is 4. The van der Waals surface area contributed by atoms with Crippen LogP contribution in [0.25, 0.3) is 11.0 Å². The Morgan fingerprint density at radius 2 is 1.68 bits per heavy atom. The summed E-state index contributed by atoms with van der Waals surface area (Å²) in [6.07, 6.45) is 4.12. The number of aromatic nitrogens is 2. The van der Waals surface area contributed by atoms with Crippen LogP contribution in [0.3, 0.4) is 0 Å². The Bertz CT molecular complexity index is 1440. The minimum atomic E-state index is -0.842. The van der Waals surface area contributed by atoms with Gasteiger partial charge in [0.05, 0.1) is 18.1 Å². The summed E-state index contributed by atoms with van der Waals surface area (Å²) in [5.41, 5.74) is 4.08. The van der Waals surface area contributed by atoms with Crippen LogP contribution in [0.1, 0.15) is 48.7 Å². The molecule has 196 valence electrons. The first kappa shape index (κ1) is 25.5. The van der Waals surface area contributed by atoms with Gasteiger partial charge >= 0.3 is 0 Å². The highest BCUT2D eigenvalue weighted by molar-refractivity contribution is 6.02. The number of amides is 2. The van der Waals surface area contributed by atoms with Crippen molar-refractivity contribution in [1.82, 2.24) is 14.9 Å². The monoisotopic (exact) mass is 510 g/mol. The van der Waals surface area contributed by atoms with Crippen LogP contribution in [0.15, 0.2) is 72.8 Å². The lowest BCUT2D eigenvalue weighted by Crippen LogP contribution is -2.47. The maximum absolute atomic E-state index is 14.3. The lowest BCUT2D eigenvalue weighted by Gasteiger charge is -2.33. The Morgan fingerprint density at radius 1 is 1.00 bits per heavy atom. The first-order valence-corrected chi connectivity index (χ1v) is 13.2. The topological polar surface area (TPSA) is 76.5 Å². The fourth-order valence-electron chi connectivity index (χ4n) is 5.41. The van der Waals surface area contributed by atoms with Crippen LogP contribution in [0, 0.1) is 13.8 Å². The van der Waals surface area contributed by atoms with E-state index in [4.69, 9.17) is 4.74 Å². The molecule has 3 aromatic carbocycles. The normalized spacial score (nSPS) is 14.4. The lowest BCUT2D eigenvalue weighted by atomic mass is 10.0. The summed E-state index contributed by atoms with van der Waals surface area (Å²) in [5.74, 6) is 1.08. The molecule has 2 amide bonds. The highest BCUT2D eigenvalue weighted by Crippen LogP contribution is 2.33. The van der Waals surface area contributed by atoms with Gasteiger partial charge in [-0.1, -0.05) is 55.3 Å². The maximum Gasteiger partial charge on any atom is 0.248 e. The molecular weight excluding hydrogens is 476 g/mol. The predicted molar refractivity (Wildman–Crippen MR) is 149 cm³/mol. The van der Waals surface area contributed by atoms with E-state index in [1.54, 1.807) is 12.0 Å². The number of benzene rings is 3. The zero-order chi connectivity index (χ0) is 26.6. The molecule has 1 saturated carbocycles. The van der Waals surface area contributed by atoms with E-state index in [1.165, 1.54) is 0 Å². The maximum atomic E-state index is 14.3. The molecule has 1 heterocycles. The Labute approximate surface area is 223 Å². The summed E-state index contributed by atoms with van der Waals surface area (Å²) in [5, 5.41) is 3.25. The molecule has 7 heteroatoms. The molecule has 1 aromatic heterocycles. The van der Waals surface area contributed by atoms with Crippen LogP contribution in [0.2, 0.25) is 0 Å². The third-order valence-electron chi connectivity index (χ3n) is 7.42. The highest BCUT2D eigenvalue weighted by Gasteiger charge is 2.35. The third-order valence-corrected chi connectivity index (χ3v) is 7.42. The third kappa shape index (κ3) is 5.14. The molecule has 0 aliphatic heterocycles. The van der Waals surface area contributed by atoms with Crippen LogP contribution in [0.5, 0.6) is 5.75 Å². The van der Waals surface area contributed by atoms with Gasteiger partial charge in [0.2, 0.25) is 11.8 Å². The van der Waals surface area contributed by atoms with Crippen molar-refractivity contribution in [3.63, 3.8) is 0 Å². The number of aryl methyl sites for hydroxylation is 2. The second-order valence-electron chi connectivity index (χ2n) is 9.95. The number of rotatable bonds is 8. The molecule has 4 aromatic rings. The Hall–Kier alpha value is -4.13. The predicted octanol–water partition coefficient (Wildman–Crippen LogP) is 5.50. The van der Waals surface area contributed by atoms with Gasteiger partial charge in [-0.3, -0.25) is 14.5 Å². The zero-order valence-electron chi connectivity index (χ0n) is 22.2. The van der Waals surface area contributed by atoms with Crippen molar-refractivity contribution in [2.75, 3.05) is 12.0 Å². The van der Waals surface area contributed by atoms with Crippen LogP contribution >= 0.6 is 0 Å². The number of methoxy groups -OCH3 is 1. The number of carbonyl (C=O) groups is 2. The zero-order valence-corrected chi connectivity index (χ0v) is 22.2. The average molecular weight is 511 g/mol. The molecule has 1 atom stereocenters. The molecule has 0 unspecified atom stereocenters. The molecule has 0 saturated heterocycles. The van der Waals surface area contributed by atoms with E-state index in [0.717, 1.165) is 53.7 Å². The Kier molecular flexibility index (Phi) is 7.45. The Balaban J connectivity index is 1.60. The van der Waals surface area contributed by atoms with Gasteiger partial charge in [-0.15, -0.1) is 0 Å². The molecular formula is C31H34N4O3. The van der Waals surface area contributed by atoms with Gasteiger partial charge < -0.3 is 14.6 Å². The molecule has 0 bridgehead atoms. The first-order valence-electron chi connectivity index (χ1n) is 13.2. The van der Waals surface area contributed by atoms with Crippen LogP contribution in [-0.4, -0.2) is 34.5 Å². The number of fused-ring (bicyclic) bond motifs is 1. The number of anilines is 1. The summed E-state index contributed by atoms with van der Waals surface area (Å²) in [4.78, 5) is 34.6. The number of carbonyl (C=O) groups excluding carboxylic acids is 2. The van der Waals surface area contributed by atoms with Crippen LogP contribution < -0.4 is 15.0 Å². The summed E-state index contributed by atoms with van der Waals surface area (Å²) in [6.45, 7) is 3.93. The van der Waals surface area contributed by atoms with E-state index >= 15 is 0 Å². The van der Waals surface area contributed by atoms with Crippen molar-refractivity contribution >= 4 is 28.5 Å². The lowest BCUT2D eigenvalue weighted by molar-refractivity contribution is -0.127. The number of nitrogens with zero attached hydrogens (tertiary/aromatic N) is 3. The van der Waals surface area contributed by atoms with Gasteiger partial charge in [0.15, 0.2) is 0 Å². The molecule has 1 N–H and O–H groups in total. The van der Waals surface area contributed by atoms with Crippen molar-refractivity contribution in [3.8, 4) is 5.75 Å². The number of nitrogens with one attached hydrogen (secondary N) is 1. The molecule has 7 nitrogen and oxygen atoms in total. The quantitative estimate of drug-likeness (QED) is 0.340. The number of hydrogen-bond donors (Lipinski definition) is 1. The van der Waals surface area contributed by atoms with E-state index in [0.29, 0.717) is 11.4 Å². The van der Waals surface area contributed by atoms with Crippen molar-refractivity contribution in [2.24, 2.45) is 0 Å². The molecule has 0 spiro atoms. The van der Waals surface area contributed by atoms with E-state index in [9.17, 15) is 9.59 Å². The van der Waals surface area contributed by atoms with Gasteiger partial charge in [-0.2, -0.15) is 0 Å². The van der Waals surface area contributed by atoms with Crippen LogP contribution in [-0.2, 0) is 16.1 Å². The molecule has 1 fully saturated rings. The highest BCUT2D eigenvalue weighted by atomic mass is 16.5. The average Bonchev–Trinajstić information content (AvgIpc) is 3.55. The minimum absolute atomic E-state index is 0.0596. The number of para-hydroxylation sites is 3. The molecule has 1 aliphatic rings. The van der Waals surface area contributed by atoms with Gasteiger partial charge in [-0.05, 0) is 68.1 Å². The SMILES string of the molecule is COc1ccc([C@H](C(=O)NC2CCCC2)N(C(=O)Cn2c(C)nc3ccccc32)c2ccccc2C)cc1. The van der Waals surface area contributed by atoms with Crippen molar-refractivity contribution < 1.29 is 14.3 Å². The molecule has 0 radical (unpaired) electrons. The van der Waals surface area contributed by atoms with E-state index in [2.05, 4.69) is 10.3 Å². The van der Waals surface area contributed by atoms with E-state index in [-0.39, 0.29) is 24.4 Å². The van der Waals surface area contributed by atoms with Gasteiger partial charge in [-0.25, -0.2) is 4.98 Å². The fourth-order valence-corrected chi connectivity index (χ4v) is 5.41. The second kappa shape index (κ2) is 11.1. The van der Waals surface area contributed by atoms with Crippen molar-refractivity contribution in [3.05, 3.63) is 89.7 Å². The van der Waals surface area contributed by atoms with Gasteiger partial charge in [0.1, 0.15) is 24.2 Å². The fraction of sp³-hybridized carbons (Fsp3) is 0.323. The summed E-state index contributed by atoms with van der Waals surface area (Å²) < 4.78 is 7.28. The molecule has 5 rings (SSSR count). The summed E-state index contributed by atoms with van der Waals surface area (Å²) >= 11 is 0. The largest absolute Gasteiger partial charge is 0.497 e. The van der Waals surface area contributed by atoms with Gasteiger partial charge in [0.25, 0.3) is 0 Å². The number of imidazole rings is 1. The molecule has 38 heavy (non-hydrogen) atoms. The van der Waals surface area contributed by atoms with E-state index in [1.807, 2.05) is 91.2 Å². The summed E-state index contributed by atoms with van der Waals surface area (Å²) in [7, 11) is 1.61. The van der Waals surface area contributed by atoms with Crippen LogP contribution in [0.4, 0.5) is 5.69 Å². The second-order valence-corrected chi connectivity index (χ2v) is 9.95. The first-order chi connectivity index (χ1) is 18.5. The minimum Gasteiger partial charge on any atom is -0.497 e. The Morgan fingerprint density at radius 3 is 2.39 bits per heavy atom. The van der Waals surface area contributed by atoms with Crippen molar-refractivity contribution in [1.29, 1.82) is 0 Å². The number of ether oxygens (including phenoxy) is 1. The standard InChI is InChI=1S/C31H34N4O3/c1-21-10-4-8-14-27(21)35(29(36)20-34-22(2)32-26-13-7-9-15-28(26)34)30(23-16-18-25(38-3)19-17-23)31(37)33-24-11-5-6-12-24/h4,7-10,13-19,24,30H,5-6,11-12,20H2,1-3H3,(H,33,37)/t30-/m1/s1. The van der Waals surface area contributed by atoms with E-state index < -0.39 is 6.04 Å². The molecule has 1 aliphatic carbocycles. The van der Waals surface area contributed by atoms with Gasteiger partial charge in [0, 0.05) is 11.7 Å². The smallest absolute Gasteiger partial charge is 0.248 e.